The Morgan fingerprint density at radius 3 is 2.30 bits per heavy atom. The van der Waals surface area contributed by atoms with Crippen molar-refractivity contribution < 1.29 is 23.1 Å². The summed E-state index contributed by atoms with van der Waals surface area (Å²) in [6.45, 7) is 6.50. The van der Waals surface area contributed by atoms with Gasteiger partial charge in [-0.2, -0.15) is 0 Å². The third kappa shape index (κ3) is 3.71. The van der Waals surface area contributed by atoms with Crippen molar-refractivity contribution in [2.45, 2.75) is 44.6 Å². The molecular formula is C22H29F2N3O3. The van der Waals surface area contributed by atoms with Crippen molar-refractivity contribution in [3.63, 3.8) is 0 Å². The lowest BCUT2D eigenvalue weighted by atomic mass is 9.85. The summed E-state index contributed by atoms with van der Waals surface area (Å²) in [6.07, 6.45) is 0.758. The highest BCUT2D eigenvalue weighted by atomic mass is 19.3. The van der Waals surface area contributed by atoms with E-state index in [4.69, 9.17) is 4.74 Å². The Bertz CT molecular complexity index is 772. The predicted molar refractivity (Wildman–Crippen MR) is 109 cm³/mol. The van der Waals surface area contributed by atoms with E-state index < -0.39 is 12.0 Å². The smallest absolute Gasteiger partial charge is 0.332 e. The molecule has 3 fully saturated rings. The fourth-order valence-electron chi connectivity index (χ4n) is 5.03. The number of urea groups is 1. The normalized spacial score (nSPS) is 23.2. The predicted octanol–water partition coefficient (Wildman–Crippen LogP) is 3.67. The number of rotatable bonds is 5. The Kier molecular flexibility index (Phi) is 6.06. The van der Waals surface area contributed by atoms with Gasteiger partial charge in [0.1, 0.15) is 5.54 Å². The number of alkyl halides is 2. The molecule has 3 amide bonds. The molecule has 1 aromatic carbocycles. The number of likely N-dealkylation sites (tertiary alicyclic amines) is 1. The molecule has 0 bridgehead atoms. The Morgan fingerprint density at radius 2 is 1.73 bits per heavy atom. The lowest BCUT2D eigenvalue weighted by molar-refractivity contribution is -0.127. The number of ether oxygens (including phenoxy) is 1. The zero-order chi connectivity index (χ0) is 21.3. The van der Waals surface area contributed by atoms with Gasteiger partial charge < -0.3 is 14.5 Å². The molecule has 3 aliphatic heterocycles. The Balaban J connectivity index is 1.49. The molecule has 0 saturated carbocycles. The van der Waals surface area contributed by atoms with Gasteiger partial charge in [-0.05, 0) is 50.7 Å². The lowest BCUT2D eigenvalue weighted by Crippen LogP contribution is -2.57. The molecule has 4 rings (SSSR count). The standard InChI is InChI=1S/C22H29F2N3O3/c1-2-26-21(29)27(18-5-3-17(4-6-18)19(23)24)20(28)22(26)9-11-25(12-10-22)15-16-7-13-30-14-8-16/h3-6,16,19H,2,7-15H2,1H3. The number of likely N-dealkylation sites (N-methyl/N-ethyl adjacent to an activating group) is 1. The Labute approximate surface area is 175 Å². The highest BCUT2D eigenvalue weighted by Crippen LogP contribution is 2.40. The van der Waals surface area contributed by atoms with Crippen LogP contribution in [0.15, 0.2) is 24.3 Å². The topological polar surface area (TPSA) is 53.1 Å². The third-order valence-electron chi connectivity index (χ3n) is 6.80. The van der Waals surface area contributed by atoms with Gasteiger partial charge in [-0.15, -0.1) is 0 Å². The van der Waals surface area contributed by atoms with Gasteiger partial charge in [-0.25, -0.2) is 18.5 Å². The SMILES string of the molecule is CCN1C(=O)N(c2ccc(C(F)F)cc2)C(=O)C12CCN(CC1CCOCC1)CC2. The molecule has 164 valence electrons. The summed E-state index contributed by atoms with van der Waals surface area (Å²) in [5.74, 6) is 0.394. The van der Waals surface area contributed by atoms with Gasteiger partial charge in [0.2, 0.25) is 0 Å². The zero-order valence-corrected chi connectivity index (χ0v) is 17.4. The number of halogens is 2. The van der Waals surface area contributed by atoms with Crippen LogP contribution in [0.1, 0.15) is 44.6 Å². The average molecular weight is 421 g/mol. The second-order valence-corrected chi connectivity index (χ2v) is 8.45. The first-order chi connectivity index (χ1) is 14.5. The van der Waals surface area contributed by atoms with Crippen molar-refractivity contribution in [2.75, 3.05) is 44.3 Å². The summed E-state index contributed by atoms with van der Waals surface area (Å²) in [4.78, 5) is 31.8. The monoisotopic (exact) mass is 421 g/mol. The molecule has 0 atom stereocenters. The van der Waals surface area contributed by atoms with E-state index in [1.165, 1.54) is 29.2 Å². The molecule has 0 radical (unpaired) electrons. The molecule has 30 heavy (non-hydrogen) atoms. The van der Waals surface area contributed by atoms with Crippen molar-refractivity contribution in [1.82, 2.24) is 9.80 Å². The van der Waals surface area contributed by atoms with Crippen molar-refractivity contribution in [2.24, 2.45) is 5.92 Å². The minimum absolute atomic E-state index is 0.124. The summed E-state index contributed by atoms with van der Waals surface area (Å²) < 4.78 is 31.2. The fourth-order valence-corrected chi connectivity index (χ4v) is 5.03. The zero-order valence-electron chi connectivity index (χ0n) is 17.4. The fraction of sp³-hybridized carbons (Fsp3) is 0.636. The molecule has 0 aromatic heterocycles. The Hall–Kier alpha value is -2.06. The molecule has 1 spiro atoms. The molecule has 0 unspecified atom stereocenters. The average Bonchev–Trinajstić information content (AvgIpc) is 2.96. The van der Waals surface area contributed by atoms with Crippen LogP contribution in [0, 0.1) is 5.92 Å². The van der Waals surface area contributed by atoms with Crippen LogP contribution in [0.2, 0.25) is 0 Å². The number of hydrogen-bond donors (Lipinski definition) is 0. The van der Waals surface area contributed by atoms with Gasteiger partial charge in [0.25, 0.3) is 12.3 Å². The first-order valence-corrected chi connectivity index (χ1v) is 10.8. The number of amides is 3. The molecule has 6 nitrogen and oxygen atoms in total. The highest BCUT2D eigenvalue weighted by Gasteiger charge is 2.57. The van der Waals surface area contributed by atoms with Crippen LogP contribution in [-0.2, 0) is 9.53 Å². The number of imide groups is 1. The first kappa shape index (κ1) is 21.2. The summed E-state index contributed by atoms with van der Waals surface area (Å²) in [5, 5.41) is 0. The minimum atomic E-state index is -2.58. The number of carbonyl (C=O) groups excluding carboxylic acids is 2. The first-order valence-electron chi connectivity index (χ1n) is 10.8. The molecule has 3 heterocycles. The van der Waals surface area contributed by atoms with Crippen molar-refractivity contribution in [1.29, 1.82) is 0 Å². The molecular weight excluding hydrogens is 392 g/mol. The van der Waals surface area contributed by atoms with Gasteiger partial charge in [0, 0.05) is 45.0 Å². The van der Waals surface area contributed by atoms with E-state index in [9.17, 15) is 18.4 Å². The summed E-state index contributed by atoms with van der Waals surface area (Å²) in [7, 11) is 0. The number of carbonyl (C=O) groups is 2. The van der Waals surface area contributed by atoms with Gasteiger partial charge in [0.15, 0.2) is 0 Å². The van der Waals surface area contributed by atoms with Crippen LogP contribution in [0.5, 0.6) is 0 Å². The van der Waals surface area contributed by atoms with Crippen LogP contribution >= 0.6 is 0 Å². The van der Waals surface area contributed by atoms with Crippen LogP contribution in [0.4, 0.5) is 19.3 Å². The van der Waals surface area contributed by atoms with Gasteiger partial charge >= 0.3 is 6.03 Å². The minimum Gasteiger partial charge on any atom is -0.381 e. The summed E-state index contributed by atoms with van der Waals surface area (Å²) in [5.41, 5.74) is -0.602. The van der Waals surface area contributed by atoms with Gasteiger partial charge in [-0.1, -0.05) is 12.1 Å². The molecule has 0 aliphatic carbocycles. The van der Waals surface area contributed by atoms with Crippen LogP contribution < -0.4 is 4.90 Å². The molecule has 3 saturated heterocycles. The highest BCUT2D eigenvalue weighted by molar-refractivity contribution is 6.23. The van der Waals surface area contributed by atoms with Gasteiger partial charge in [0.05, 0.1) is 5.69 Å². The van der Waals surface area contributed by atoms with Crippen molar-refractivity contribution >= 4 is 17.6 Å². The maximum Gasteiger partial charge on any atom is 0.332 e. The van der Waals surface area contributed by atoms with E-state index in [-0.39, 0.29) is 17.5 Å². The molecule has 1 aromatic rings. The van der Waals surface area contributed by atoms with E-state index >= 15 is 0 Å². The third-order valence-corrected chi connectivity index (χ3v) is 6.80. The van der Waals surface area contributed by atoms with Crippen LogP contribution in [0.25, 0.3) is 0 Å². The molecule has 0 N–H and O–H groups in total. The number of hydrogen-bond acceptors (Lipinski definition) is 4. The largest absolute Gasteiger partial charge is 0.381 e. The molecule has 3 aliphatic rings. The van der Waals surface area contributed by atoms with E-state index in [1.54, 1.807) is 4.90 Å². The van der Waals surface area contributed by atoms with E-state index in [2.05, 4.69) is 4.90 Å². The summed E-state index contributed by atoms with van der Waals surface area (Å²) in [6, 6.07) is 5.07. The van der Waals surface area contributed by atoms with Crippen LogP contribution in [0.3, 0.4) is 0 Å². The maximum absolute atomic E-state index is 13.5. The maximum atomic E-state index is 13.5. The van der Waals surface area contributed by atoms with Crippen molar-refractivity contribution in [3.8, 4) is 0 Å². The summed E-state index contributed by atoms with van der Waals surface area (Å²) >= 11 is 0. The van der Waals surface area contributed by atoms with E-state index in [1.807, 2.05) is 6.92 Å². The quantitative estimate of drug-likeness (QED) is 0.681. The Morgan fingerprint density at radius 1 is 1.10 bits per heavy atom. The molecule has 8 heteroatoms. The van der Waals surface area contributed by atoms with E-state index in [0.29, 0.717) is 31.0 Å². The lowest BCUT2D eigenvalue weighted by Gasteiger charge is -2.43. The van der Waals surface area contributed by atoms with Crippen molar-refractivity contribution in [3.05, 3.63) is 29.8 Å². The van der Waals surface area contributed by atoms with E-state index in [0.717, 1.165) is 45.7 Å². The second kappa shape index (κ2) is 8.59. The van der Waals surface area contributed by atoms with Gasteiger partial charge in [-0.3, -0.25) is 4.79 Å². The van der Waals surface area contributed by atoms with Crippen LogP contribution in [-0.4, -0.2) is 66.7 Å². The second-order valence-electron chi connectivity index (χ2n) is 8.45. The number of anilines is 1. The number of nitrogens with zero attached hydrogens (tertiary/aromatic N) is 3. The number of benzene rings is 1. The number of piperidine rings is 1.